The van der Waals surface area contributed by atoms with Crippen molar-refractivity contribution in [2.24, 2.45) is 0 Å². The summed E-state index contributed by atoms with van der Waals surface area (Å²) in [6, 6.07) is 11.1. The van der Waals surface area contributed by atoms with Crippen molar-refractivity contribution >= 4 is 23.0 Å². The van der Waals surface area contributed by atoms with E-state index in [-0.39, 0.29) is 5.91 Å². The number of nitrogens with zero attached hydrogens (tertiary/aromatic N) is 3. The number of hydrogen-bond donors (Lipinski definition) is 1. The lowest BCUT2D eigenvalue weighted by molar-refractivity contribution is 0.102. The van der Waals surface area contributed by atoms with Crippen molar-refractivity contribution in [2.45, 2.75) is 20.8 Å². The molecule has 4 rings (SSSR count). The van der Waals surface area contributed by atoms with Gasteiger partial charge in [-0.05, 0) is 56.2 Å². The molecule has 1 N–H and O–H groups in total. The first-order chi connectivity index (χ1) is 13.0. The topological polar surface area (TPSA) is 80.9 Å². The molecule has 0 aliphatic carbocycles. The van der Waals surface area contributed by atoms with E-state index in [0.29, 0.717) is 28.5 Å². The van der Waals surface area contributed by atoms with Crippen molar-refractivity contribution in [3.8, 4) is 11.5 Å². The average Bonchev–Trinajstić information content (AvgIpc) is 3.05. The molecule has 3 aromatic heterocycles. The van der Waals surface area contributed by atoms with E-state index in [1.165, 1.54) is 0 Å². The molecular formula is C21H18N4O2. The number of benzene rings is 1. The summed E-state index contributed by atoms with van der Waals surface area (Å²) in [5.41, 5.74) is 5.54. The van der Waals surface area contributed by atoms with E-state index >= 15 is 0 Å². The van der Waals surface area contributed by atoms with Crippen molar-refractivity contribution < 1.29 is 9.21 Å². The number of pyridine rings is 2. The average molecular weight is 358 g/mol. The molecular weight excluding hydrogens is 340 g/mol. The zero-order chi connectivity index (χ0) is 19.0. The summed E-state index contributed by atoms with van der Waals surface area (Å²) >= 11 is 0. The van der Waals surface area contributed by atoms with Gasteiger partial charge in [-0.2, -0.15) is 4.98 Å². The fraction of sp³-hybridized carbons (Fsp3) is 0.143. The second-order valence-electron chi connectivity index (χ2n) is 6.50. The van der Waals surface area contributed by atoms with Gasteiger partial charge in [-0.15, -0.1) is 0 Å². The number of rotatable bonds is 3. The lowest BCUT2D eigenvalue weighted by Gasteiger charge is -2.11. The molecule has 27 heavy (non-hydrogen) atoms. The van der Waals surface area contributed by atoms with Gasteiger partial charge in [-0.1, -0.05) is 17.7 Å². The first-order valence-electron chi connectivity index (χ1n) is 8.58. The Bertz CT molecular complexity index is 1110. The van der Waals surface area contributed by atoms with Crippen molar-refractivity contribution in [3.63, 3.8) is 0 Å². The highest BCUT2D eigenvalue weighted by molar-refractivity contribution is 6.06. The van der Waals surface area contributed by atoms with E-state index in [2.05, 4.69) is 20.3 Å². The van der Waals surface area contributed by atoms with Crippen LogP contribution in [0.3, 0.4) is 0 Å². The number of nitrogens with one attached hydrogen (secondary N) is 1. The van der Waals surface area contributed by atoms with Crippen LogP contribution >= 0.6 is 0 Å². The van der Waals surface area contributed by atoms with E-state index in [9.17, 15) is 4.79 Å². The molecule has 1 aromatic carbocycles. The molecule has 0 unspecified atom stereocenters. The first kappa shape index (κ1) is 16.9. The summed E-state index contributed by atoms with van der Waals surface area (Å²) in [6.45, 7) is 5.89. The molecule has 0 radical (unpaired) electrons. The van der Waals surface area contributed by atoms with Gasteiger partial charge in [0.15, 0.2) is 11.2 Å². The number of anilines is 1. The predicted molar refractivity (Wildman–Crippen MR) is 104 cm³/mol. The van der Waals surface area contributed by atoms with Crippen LogP contribution in [0.1, 0.15) is 27.0 Å². The maximum absolute atomic E-state index is 12.8. The molecule has 6 heteroatoms. The lowest BCUT2D eigenvalue weighted by atomic mass is 9.99. The van der Waals surface area contributed by atoms with Crippen LogP contribution in [0.25, 0.3) is 22.7 Å². The van der Waals surface area contributed by atoms with E-state index in [1.54, 1.807) is 30.6 Å². The molecule has 0 fully saturated rings. The summed E-state index contributed by atoms with van der Waals surface area (Å²) in [4.78, 5) is 25.6. The van der Waals surface area contributed by atoms with Gasteiger partial charge in [-0.3, -0.25) is 4.79 Å². The molecule has 3 heterocycles. The Kier molecular flexibility index (Phi) is 4.16. The van der Waals surface area contributed by atoms with Gasteiger partial charge in [0.1, 0.15) is 5.82 Å². The molecule has 4 aromatic rings. The first-order valence-corrected chi connectivity index (χ1v) is 8.58. The minimum atomic E-state index is -0.186. The summed E-state index contributed by atoms with van der Waals surface area (Å²) in [5.74, 6) is 0.685. The quantitative estimate of drug-likeness (QED) is 0.585. The molecule has 0 atom stereocenters. The Hall–Kier alpha value is -3.54. The number of aryl methyl sites for hydroxylation is 3. The van der Waals surface area contributed by atoms with Crippen molar-refractivity contribution in [1.82, 2.24) is 15.0 Å². The Balaban J connectivity index is 1.64. The van der Waals surface area contributed by atoms with Crippen molar-refractivity contribution in [2.75, 3.05) is 5.32 Å². The Labute approximate surface area is 156 Å². The van der Waals surface area contributed by atoms with Crippen LogP contribution in [-0.2, 0) is 0 Å². The maximum atomic E-state index is 12.8. The van der Waals surface area contributed by atoms with E-state index < -0.39 is 0 Å². The van der Waals surface area contributed by atoms with Crippen LogP contribution in [0, 0.1) is 20.8 Å². The molecule has 134 valence electrons. The van der Waals surface area contributed by atoms with Gasteiger partial charge in [0.25, 0.3) is 5.91 Å². The third kappa shape index (κ3) is 3.29. The van der Waals surface area contributed by atoms with Crippen LogP contribution in [0.15, 0.2) is 53.2 Å². The number of hydrogen-bond acceptors (Lipinski definition) is 5. The minimum absolute atomic E-state index is 0.186. The number of aromatic nitrogens is 3. The standard InChI is InChI=1S/C21H18N4O2/c1-12-9-13(2)18(14(3)10-12)20(26)24-17-11-15(6-8-22-17)21-25-19-16(27-21)5-4-7-23-19/h4-11H,1-3H3,(H,22,24,26). The Morgan fingerprint density at radius 3 is 2.52 bits per heavy atom. The fourth-order valence-electron chi connectivity index (χ4n) is 3.24. The molecule has 0 aliphatic heterocycles. The summed E-state index contributed by atoms with van der Waals surface area (Å²) < 4.78 is 5.74. The molecule has 0 saturated carbocycles. The van der Waals surface area contributed by atoms with Gasteiger partial charge >= 0.3 is 0 Å². The molecule has 0 saturated heterocycles. The van der Waals surface area contributed by atoms with E-state index in [4.69, 9.17) is 4.42 Å². The second-order valence-corrected chi connectivity index (χ2v) is 6.50. The van der Waals surface area contributed by atoms with Gasteiger partial charge in [0.2, 0.25) is 5.89 Å². The fourth-order valence-corrected chi connectivity index (χ4v) is 3.24. The lowest BCUT2D eigenvalue weighted by Crippen LogP contribution is -2.16. The largest absolute Gasteiger partial charge is 0.434 e. The van der Waals surface area contributed by atoms with Crippen LogP contribution in [0.2, 0.25) is 0 Å². The number of carbonyl (C=O) groups excluding carboxylic acids is 1. The summed E-state index contributed by atoms with van der Waals surface area (Å²) in [6.07, 6.45) is 3.28. The van der Waals surface area contributed by atoms with Crippen LogP contribution in [0.5, 0.6) is 0 Å². The summed E-state index contributed by atoms with van der Waals surface area (Å²) in [7, 11) is 0. The smallest absolute Gasteiger partial charge is 0.257 e. The normalized spacial score (nSPS) is 10.9. The molecule has 6 nitrogen and oxygen atoms in total. The number of fused-ring (bicyclic) bond motifs is 1. The van der Waals surface area contributed by atoms with Crippen LogP contribution in [0.4, 0.5) is 5.82 Å². The van der Waals surface area contributed by atoms with Gasteiger partial charge in [-0.25, -0.2) is 9.97 Å². The molecule has 0 spiro atoms. The minimum Gasteiger partial charge on any atom is -0.434 e. The predicted octanol–water partition coefficient (Wildman–Crippen LogP) is 4.46. The Morgan fingerprint density at radius 1 is 1.00 bits per heavy atom. The van der Waals surface area contributed by atoms with Crippen LogP contribution < -0.4 is 5.32 Å². The zero-order valence-corrected chi connectivity index (χ0v) is 15.3. The highest BCUT2D eigenvalue weighted by Crippen LogP contribution is 2.25. The maximum Gasteiger partial charge on any atom is 0.257 e. The third-order valence-corrected chi connectivity index (χ3v) is 4.32. The number of carbonyl (C=O) groups is 1. The van der Waals surface area contributed by atoms with Crippen molar-refractivity contribution in [3.05, 3.63) is 71.0 Å². The Morgan fingerprint density at radius 2 is 1.78 bits per heavy atom. The van der Waals surface area contributed by atoms with Gasteiger partial charge in [0.05, 0.1) is 0 Å². The number of oxazole rings is 1. The monoisotopic (exact) mass is 358 g/mol. The van der Waals surface area contributed by atoms with E-state index in [0.717, 1.165) is 22.3 Å². The molecule has 1 amide bonds. The molecule has 0 aliphatic rings. The molecule has 0 bridgehead atoms. The second kappa shape index (κ2) is 6.64. The number of amides is 1. The third-order valence-electron chi connectivity index (χ3n) is 4.32. The summed E-state index contributed by atoms with van der Waals surface area (Å²) in [5, 5.41) is 2.87. The highest BCUT2D eigenvalue weighted by atomic mass is 16.3. The van der Waals surface area contributed by atoms with Crippen molar-refractivity contribution in [1.29, 1.82) is 0 Å². The van der Waals surface area contributed by atoms with E-state index in [1.807, 2.05) is 39.0 Å². The highest BCUT2D eigenvalue weighted by Gasteiger charge is 2.15. The zero-order valence-electron chi connectivity index (χ0n) is 15.3. The van der Waals surface area contributed by atoms with Gasteiger partial charge in [0, 0.05) is 23.5 Å². The van der Waals surface area contributed by atoms with Gasteiger partial charge < -0.3 is 9.73 Å². The van der Waals surface area contributed by atoms with Crippen LogP contribution in [-0.4, -0.2) is 20.9 Å². The SMILES string of the molecule is Cc1cc(C)c(C(=O)Nc2cc(-c3nc4ncccc4o3)ccn2)c(C)c1.